The van der Waals surface area contributed by atoms with Crippen LogP contribution in [-0.2, 0) is 0 Å². The van der Waals surface area contributed by atoms with Crippen molar-refractivity contribution in [2.75, 3.05) is 5.73 Å². The number of hydrogen-bond acceptors (Lipinski definition) is 5. The van der Waals surface area contributed by atoms with Gasteiger partial charge in [0.15, 0.2) is 0 Å². The molecule has 0 radical (unpaired) electrons. The highest BCUT2D eigenvalue weighted by molar-refractivity contribution is 6.02. The molecule has 0 amide bonds. The van der Waals surface area contributed by atoms with Gasteiger partial charge in [-0.25, -0.2) is 9.59 Å². The Morgan fingerprint density at radius 1 is 0.643 bits per heavy atom. The average Bonchev–Trinajstić information content (AvgIpc) is 2.65. The molecule has 28 heavy (non-hydrogen) atoms. The first-order chi connectivity index (χ1) is 12.9. The SMILES string of the molecule is Cl.Nc1ccc(Oc2ccc(Oc3ccc(C(=O)O)c(C(=O)O)c3)cc2)cc1. The Bertz CT molecular complexity index is 987. The lowest BCUT2D eigenvalue weighted by molar-refractivity contribution is 0.0651. The largest absolute Gasteiger partial charge is 0.478 e. The standard InChI is InChI=1S/C20H15NO6.ClH/c21-12-1-3-13(4-2-12)26-14-5-7-15(8-6-14)27-16-9-10-17(19(22)23)18(11-16)20(24)25;/h1-11H,21H2,(H,22,23)(H,24,25);1H. The number of carboxylic acid groups (broad SMARTS) is 2. The van der Waals surface area contributed by atoms with Crippen molar-refractivity contribution in [3.63, 3.8) is 0 Å². The van der Waals surface area contributed by atoms with E-state index in [1.807, 2.05) is 0 Å². The van der Waals surface area contributed by atoms with Crippen LogP contribution in [0.5, 0.6) is 23.0 Å². The second-order valence-corrected chi connectivity index (χ2v) is 5.56. The fourth-order valence-electron chi connectivity index (χ4n) is 2.33. The zero-order valence-corrected chi connectivity index (χ0v) is 15.2. The normalized spacial score (nSPS) is 9.86. The minimum Gasteiger partial charge on any atom is -0.478 e. The van der Waals surface area contributed by atoms with Crippen molar-refractivity contribution in [2.45, 2.75) is 0 Å². The molecular formula is C20H16ClNO6. The molecule has 144 valence electrons. The van der Waals surface area contributed by atoms with E-state index < -0.39 is 11.9 Å². The third-order valence-corrected chi connectivity index (χ3v) is 3.63. The molecule has 4 N–H and O–H groups in total. The van der Waals surface area contributed by atoms with Crippen LogP contribution in [-0.4, -0.2) is 22.2 Å². The van der Waals surface area contributed by atoms with Crippen molar-refractivity contribution >= 4 is 30.0 Å². The van der Waals surface area contributed by atoms with Crippen LogP contribution in [0.4, 0.5) is 5.69 Å². The molecule has 0 fully saturated rings. The Balaban J connectivity index is 0.00000280. The molecule has 7 nitrogen and oxygen atoms in total. The summed E-state index contributed by atoms with van der Waals surface area (Å²) in [6.07, 6.45) is 0. The number of nitrogens with two attached hydrogens (primary N) is 1. The van der Waals surface area contributed by atoms with Gasteiger partial charge in [0.05, 0.1) is 11.1 Å². The predicted octanol–water partition coefficient (Wildman–Crippen LogP) is 4.67. The molecule has 0 atom stereocenters. The quantitative estimate of drug-likeness (QED) is 0.513. The van der Waals surface area contributed by atoms with E-state index in [0.29, 0.717) is 22.9 Å². The molecule has 0 saturated heterocycles. The van der Waals surface area contributed by atoms with Crippen molar-refractivity contribution in [1.29, 1.82) is 0 Å². The van der Waals surface area contributed by atoms with Gasteiger partial charge in [0.25, 0.3) is 0 Å². The minimum absolute atomic E-state index is 0. The van der Waals surface area contributed by atoms with Gasteiger partial charge in [0, 0.05) is 5.69 Å². The maximum absolute atomic E-state index is 11.2. The van der Waals surface area contributed by atoms with Crippen LogP contribution < -0.4 is 15.2 Å². The smallest absolute Gasteiger partial charge is 0.336 e. The Morgan fingerprint density at radius 3 is 1.50 bits per heavy atom. The highest BCUT2D eigenvalue weighted by Crippen LogP contribution is 2.28. The molecule has 8 heteroatoms. The summed E-state index contributed by atoms with van der Waals surface area (Å²) in [4.78, 5) is 22.3. The molecule has 0 heterocycles. The number of rotatable bonds is 6. The summed E-state index contributed by atoms with van der Waals surface area (Å²) < 4.78 is 11.3. The van der Waals surface area contributed by atoms with E-state index in [9.17, 15) is 9.59 Å². The van der Waals surface area contributed by atoms with E-state index in [0.717, 1.165) is 0 Å². The monoisotopic (exact) mass is 401 g/mol. The van der Waals surface area contributed by atoms with E-state index in [4.69, 9.17) is 25.4 Å². The van der Waals surface area contributed by atoms with Crippen molar-refractivity contribution in [2.24, 2.45) is 0 Å². The summed E-state index contributed by atoms with van der Waals surface area (Å²) in [6, 6.07) is 17.4. The van der Waals surface area contributed by atoms with Gasteiger partial charge in [0.2, 0.25) is 0 Å². The lowest BCUT2D eigenvalue weighted by Gasteiger charge is -2.10. The number of benzene rings is 3. The van der Waals surface area contributed by atoms with Gasteiger partial charge in [-0.2, -0.15) is 0 Å². The number of nitrogen functional groups attached to an aromatic ring is 1. The Morgan fingerprint density at radius 2 is 1.04 bits per heavy atom. The van der Waals surface area contributed by atoms with Crippen LogP contribution in [0.15, 0.2) is 66.7 Å². The fraction of sp³-hybridized carbons (Fsp3) is 0. The molecule has 0 aliphatic heterocycles. The Labute approximate surface area is 166 Å². The van der Waals surface area contributed by atoms with Crippen LogP contribution in [0.1, 0.15) is 20.7 Å². The number of anilines is 1. The number of carboxylic acids is 2. The third-order valence-electron chi connectivity index (χ3n) is 3.63. The number of aromatic carboxylic acids is 2. The van der Waals surface area contributed by atoms with Gasteiger partial charge in [0.1, 0.15) is 23.0 Å². The van der Waals surface area contributed by atoms with Crippen LogP contribution in [0.25, 0.3) is 0 Å². The lowest BCUT2D eigenvalue weighted by Crippen LogP contribution is -2.07. The first-order valence-electron chi connectivity index (χ1n) is 7.84. The van der Waals surface area contributed by atoms with Gasteiger partial charge in [-0.15, -0.1) is 12.4 Å². The second-order valence-electron chi connectivity index (χ2n) is 5.56. The lowest BCUT2D eigenvalue weighted by atomic mass is 10.1. The highest BCUT2D eigenvalue weighted by atomic mass is 35.5. The van der Waals surface area contributed by atoms with Crippen molar-refractivity contribution in [3.05, 3.63) is 77.9 Å². The van der Waals surface area contributed by atoms with Crippen molar-refractivity contribution < 1.29 is 29.3 Å². The van der Waals surface area contributed by atoms with Crippen LogP contribution >= 0.6 is 12.4 Å². The maximum atomic E-state index is 11.2. The van der Waals surface area contributed by atoms with Crippen LogP contribution in [0.2, 0.25) is 0 Å². The molecule has 0 bridgehead atoms. The number of halogens is 1. The molecule has 3 rings (SSSR count). The predicted molar refractivity (Wildman–Crippen MR) is 105 cm³/mol. The first-order valence-corrected chi connectivity index (χ1v) is 7.84. The van der Waals surface area contributed by atoms with E-state index in [2.05, 4.69) is 0 Å². The van der Waals surface area contributed by atoms with Gasteiger partial charge >= 0.3 is 11.9 Å². The Kier molecular flexibility index (Phi) is 6.46. The number of ether oxygens (including phenoxy) is 2. The zero-order chi connectivity index (χ0) is 19.4. The summed E-state index contributed by atoms with van der Waals surface area (Å²) in [5, 5.41) is 18.2. The molecule has 0 aliphatic rings. The molecule has 3 aromatic rings. The third kappa shape index (κ3) is 4.93. The van der Waals surface area contributed by atoms with Crippen LogP contribution in [0, 0.1) is 0 Å². The highest BCUT2D eigenvalue weighted by Gasteiger charge is 2.17. The molecule has 0 aromatic heterocycles. The molecule has 0 aliphatic carbocycles. The summed E-state index contributed by atoms with van der Waals surface area (Å²) in [6.45, 7) is 0. The van der Waals surface area contributed by atoms with Gasteiger partial charge in [-0.3, -0.25) is 0 Å². The molecular weight excluding hydrogens is 386 g/mol. The Hall–Kier alpha value is -3.71. The number of carbonyl (C=O) groups is 2. The summed E-state index contributed by atoms with van der Waals surface area (Å²) >= 11 is 0. The summed E-state index contributed by atoms with van der Waals surface area (Å²) in [7, 11) is 0. The maximum Gasteiger partial charge on any atom is 0.336 e. The molecule has 0 unspecified atom stereocenters. The van der Waals surface area contributed by atoms with E-state index in [1.165, 1.54) is 18.2 Å². The van der Waals surface area contributed by atoms with Gasteiger partial charge in [-0.1, -0.05) is 0 Å². The zero-order valence-electron chi connectivity index (χ0n) is 14.4. The van der Waals surface area contributed by atoms with E-state index in [1.54, 1.807) is 48.5 Å². The van der Waals surface area contributed by atoms with Crippen molar-refractivity contribution in [3.8, 4) is 23.0 Å². The fourth-order valence-corrected chi connectivity index (χ4v) is 2.33. The minimum atomic E-state index is -1.34. The van der Waals surface area contributed by atoms with Crippen LogP contribution in [0.3, 0.4) is 0 Å². The molecule has 0 spiro atoms. The van der Waals surface area contributed by atoms with Gasteiger partial charge in [-0.05, 0) is 66.7 Å². The first kappa shape index (κ1) is 20.6. The average molecular weight is 402 g/mol. The second kappa shape index (κ2) is 8.79. The van der Waals surface area contributed by atoms with Crippen molar-refractivity contribution in [1.82, 2.24) is 0 Å². The molecule has 3 aromatic carbocycles. The van der Waals surface area contributed by atoms with E-state index in [-0.39, 0.29) is 29.3 Å². The summed E-state index contributed by atoms with van der Waals surface area (Å²) in [5.74, 6) is -0.787. The number of hydrogen-bond donors (Lipinski definition) is 3. The van der Waals surface area contributed by atoms with E-state index >= 15 is 0 Å². The summed E-state index contributed by atoms with van der Waals surface area (Å²) in [5.41, 5.74) is 5.62. The molecule has 0 saturated carbocycles. The topological polar surface area (TPSA) is 119 Å². The van der Waals surface area contributed by atoms with Gasteiger partial charge < -0.3 is 25.4 Å².